The molecular formula is C11H11NOS2. The Labute approximate surface area is 98.3 Å². The maximum atomic E-state index is 5.10. The molecule has 15 heavy (non-hydrogen) atoms. The van der Waals surface area contributed by atoms with Gasteiger partial charge in [0, 0.05) is 16.7 Å². The summed E-state index contributed by atoms with van der Waals surface area (Å²) in [5.41, 5.74) is 2.12. The highest BCUT2D eigenvalue weighted by atomic mass is 32.1. The topological polar surface area (TPSA) is 22.1 Å². The third-order valence-corrected chi connectivity index (χ3v) is 3.44. The molecule has 0 saturated heterocycles. The standard InChI is InChI=1S/C11H11NOS2/c1-13-9-4-2-8(3-5-9)10-7-15-11(6-14)12-10/h2-5,7,14H,6H2,1H3. The first-order chi connectivity index (χ1) is 7.33. The van der Waals surface area contributed by atoms with E-state index in [1.165, 1.54) is 0 Å². The average Bonchev–Trinajstić information content (AvgIpc) is 2.78. The average molecular weight is 237 g/mol. The minimum absolute atomic E-state index is 0.695. The lowest BCUT2D eigenvalue weighted by Crippen LogP contribution is -1.83. The Morgan fingerprint density at radius 2 is 2.07 bits per heavy atom. The maximum absolute atomic E-state index is 5.10. The Kier molecular flexibility index (Phi) is 3.28. The molecule has 0 unspecified atom stereocenters. The summed E-state index contributed by atoms with van der Waals surface area (Å²) in [5, 5.41) is 3.09. The molecule has 78 valence electrons. The zero-order valence-corrected chi connectivity index (χ0v) is 10.0. The molecule has 2 nitrogen and oxygen atoms in total. The van der Waals surface area contributed by atoms with Crippen LogP contribution in [0.4, 0.5) is 0 Å². The number of nitrogens with zero attached hydrogens (tertiary/aromatic N) is 1. The van der Waals surface area contributed by atoms with Gasteiger partial charge in [-0.05, 0) is 24.3 Å². The SMILES string of the molecule is COc1ccc(-c2csc(CS)n2)cc1. The van der Waals surface area contributed by atoms with Gasteiger partial charge >= 0.3 is 0 Å². The van der Waals surface area contributed by atoms with Crippen LogP contribution in [0.25, 0.3) is 11.3 Å². The van der Waals surface area contributed by atoms with E-state index in [2.05, 4.69) is 17.6 Å². The molecule has 0 radical (unpaired) electrons. The monoisotopic (exact) mass is 237 g/mol. The fraction of sp³-hybridized carbons (Fsp3) is 0.182. The number of methoxy groups -OCH3 is 1. The molecule has 1 aromatic heterocycles. The Morgan fingerprint density at radius 1 is 1.33 bits per heavy atom. The van der Waals surface area contributed by atoms with Crippen LogP contribution in [0.3, 0.4) is 0 Å². The van der Waals surface area contributed by atoms with Crippen molar-refractivity contribution in [1.29, 1.82) is 0 Å². The molecule has 0 amide bonds. The summed E-state index contributed by atoms with van der Waals surface area (Å²) < 4.78 is 5.10. The minimum Gasteiger partial charge on any atom is -0.497 e. The van der Waals surface area contributed by atoms with Gasteiger partial charge in [0.25, 0.3) is 0 Å². The lowest BCUT2D eigenvalue weighted by Gasteiger charge is -2.00. The fourth-order valence-corrected chi connectivity index (χ4v) is 2.23. The number of benzene rings is 1. The van der Waals surface area contributed by atoms with Crippen LogP contribution in [0, 0.1) is 0 Å². The van der Waals surface area contributed by atoms with Gasteiger partial charge < -0.3 is 4.74 Å². The number of aromatic nitrogens is 1. The van der Waals surface area contributed by atoms with Gasteiger partial charge in [0.2, 0.25) is 0 Å². The number of rotatable bonds is 3. The largest absolute Gasteiger partial charge is 0.497 e. The number of thiazole rings is 1. The van der Waals surface area contributed by atoms with E-state index in [-0.39, 0.29) is 0 Å². The van der Waals surface area contributed by atoms with E-state index in [1.807, 2.05) is 29.6 Å². The van der Waals surface area contributed by atoms with Crippen LogP contribution >= 0.6 is 24.0 Å². The van der Waals surface area contributed by atoms with E-state index in [0.717, 1.165) is 22.0 Å². The zero-order chi connectivity index (χ0) is 10.7. The molecule has 0 fully saturated rings. The van der Waals surface area contributed by atoms with Crippen molar-refractivity contribution in [2.75, 3.05) is 7.11 Å². The van der Waals surface area contributed by atoms with Gasteiger partial charge in [0.05, 0.1) is 12.8 Å². The van der Waals surface area contributed by atoms with Gasteiger partial charge in [-0.2, -0.15) is 12.6 Å². The van der Waals surface area contributed by atoms with Crippen LogP contribution in [-0.4, -0.2) is 12.1 Å². The Bertz CT molecular complexity index is 436. The van der Waals surface area contributed by atoms with Crippen molar-refractivity contribution in [1.82, 2.24) is 4.98 Å². The number of hydrogen-bond acceptors (Lipinski definition) is 4. The number of thiol groups is 1. The molecule has 0 aliphatic heterocycles. The van der Waals surface area contributed by atoms with Crippen molar-refractivity contribution in [2.45, 2.75) is 5.75 Å². The lowest BCUT2D eigenvalue weighted by molar-refractivity contribution is 0.415. The second-order valence-corrected chi connectivity index (χ2v) is 4.27. The van der Waals surface area contributed by atoms with Crippen LogP contribution in [-0.2, 0) is 5.75 Å². The lowest BCUT2D eigenvalue weighted by atomic mass is 10.2. The van der Waals surface area contributed by atoms with Gasteiger partial charge in [-0.15, -0.1) is 11.3 Å². The Hall–Kier alpha value is -1.00. The number of hydrogen-bond donors (Lipinski definition) is 1. The van der Waals surface area contributed by atoms with Crippen LogP contribution in [0.5, 0.6) is 5.75 Å². The molecule has 1 aromatic carbocycles. The highest BCUT2D eigenvalue weighted by Crippen LogP contribution is 2.24. The molecular weight excluding hydrogens is 226 g/mol. The molecule has 0 aliphatic carbocycles. The van der Waals surface area contributed by atoms with Crippen molar-refractivity contribution in [3.63, 3.8) is 0 Å². The van der Waals surface area contributed by atoms with Crippen molar-refractivity contribution >= 4 is 24.0 Å². The van der Waals surface area contributed by atoms with Gasteiger partial charge in [0.15, 0.2) is 0 Å². The molecule has 4 heteroatoms. The molecule has 0 saturated carbocycles. The molecule has 0 aliphatic rings. The third-order valence-electron chi connectivity index (χ3n) is 2.07. The summed E-state index contributed by atoms with van der Waals surface area (Å²) in [6, 6.07) is 7.90. The van der Waals surface area contributed by atoms with E-state index in [9.17, 15) is 0 Å². The van der Waals surface area contributed by atoms with Gasteiger partial charge in [-0.25, -0.2) is 4.98 Å². The van der Waals surface area contributed by atoms with Crippen LogP contribution in [0.1, 0.15) is 5.01 Å². The fourth-order valence-electron chi connectivity index (χ4n) is 1.28. The summed E-state index contributed by atoms with van der Waals surface area (Å²) in [7, 11) is 1.66. The van der Waals surface area contributed by atoms with E-state index in [0.29, 0.717) is 5.75 Å². The van der Waals surface area contributed by atoms with Crippen molar-refractivity contribution < 1.29 is 4.74 Å². The molecule has 0 atom stereocenters. The van der Waals surface area contributed by atoms with E-state index >= 15 is 0 Å². The quantitative estimate of drug-likeness (QED) is 0.828. The van der Waals surface area contributed by atoms with Crippen molar-refractivity contribution in [3.8, 4) is 17.0 Å². The Balaban J connectivity index is 2.28. The molecule has 1 heterocycles. The summed E-state index contributed by atoms with van der Waals surface area (Å²) in [6.45, 7) is 0. The summed E-state index contributed by atoms with van der Waals surface area (Å²) in [6.07, 6.45) is 0. The molecule has 2 aromatic rings. The molecule has 0 bridgehead atoms. The van der Waals surface area contributed by atoms with Crippen molar-refractivity contribution in [3.05, 3.63) is 34.7 Å². The molecule has 2 rings (SSSR count). The van der Waals surface area contributed by atoms with Gasteiger partial charge in [0.1, 0.15) is 10.8 Å². The third kappa shape index (κ3) is 2.33. The van der Waals surface area contributed by atoms with Gasteiger partial charge in [-0.1, -0.05) is 0 Å². The maximum Gasteiger partial charge on any atom is 0.118 e. The molecule has 0 spiro atoms. The predicted molar refractivity (Wildman–Crippen MR) is 66.8 cm³/mol. The minimum atomic E-state index is 0.695. The van der Waals surface area contributed by atoms with E-state index in [4.69, 9.17) is 4.74 Å². The first-order valence-corrected chi connectivity index (χ1v) is 6.04. The van der Waals surface area contributed by atoms with E-state index < -0.39 is 0 Å². The van der Waals surface area contributed by atoms with Crippen LogP contribution in [0.2, 0.25) is 0 Å². The summed E-state index contributed by atoms with van der Waals surface area (Å²) >= 11 is 5.83. The summed E-state index contributed by atoms with van der Waals surface area (Å²) in [5.74, 6) is 1.56. The summed E-state index contributed by atoms with van der Waals surface area (Å²) in [4.78, 5) is 4.46. The second-order valence-electron chi connectivity index (χ2n) is 3.01. The van der Waals surface area contributed by atoms with E-state index in [1.54, 1.807) is 18.4 Å². The first kappa shape index (κ1) is 10.5. The van der Waals surface area contributed by atoms with Gasteiger partial charge in [-0.3, -0.25) is 0 Å². The number of ether oxygens (including phenoxy) is 1. The smallest absolute Gasteiger partial charge is 0.118 e. The second kappa shape index (κ2) is 4.68. The highest BCUT2D eigenvalue weighted by molar-refractivity contribution is 7.79. The zero-order valence-electron chi connectivity index (χ0n) is 8.30. The molecule has 0 N–H and O–H groups in total. The van der Waals surface area contributed by atoms with Crippen LogP contribution < -0.4 is 4.74 Å². The predicted octanol–water partition coefficient (Wildman–Crippen LogP) is 3.25. The normalized spacial score (nSPS) is 10.3. The van der Waals surface area contributed by atoms with Crippen LogP contribution in [0.15, 0.2) is 29.6 Å². The van der Waals surface area contributed by atoms with Crippen molar-refractivity contribution in [2.24, 2.45) is 0 Å². The Morgan fingerprint density at radius 3 is 2.60 bits per heavy atom. The highest BCUT2D eigenvalue weighted by Gasteiger charge is 2.03. The first-order valence-electron chi connectivity index (χ1n) is 4.53.